The van der Waals surface area contributed by atoms with Gasteiger partial charge >= 0.3 is 11.8 Å². The number of benzene rings is 1. The number of hydrogen-bond acceptors (Lipinski definition) is 5. The molecule has 3 rings (SSSR count). The van der Waals surface area contributed by atoms with Gasteiger partial charge in [0.2, 0.25) is 5.95 Å². The summed E-state index contributed by atoms with van der Waals surface area (Å²) in [4.78, 5) is 24.4. The molecule has 2 aromatic heterocycles. The molecule has 6 nitrogen and oxygen atoms in total. The Morgan fingerprint density at radius 3 is 2.63 bits per heavy atom. The van der Waals surface area contributed by atoms with E-state index >= 15 is 0 Å². The molecule has 0 N–H and O–H groups in total. The van der Waals surface area contributed by atoms with Crippen LogP contribution in [0.4, 0.5) is 8.78 Å². The molecule has 9 heteroatoms. The highest BCUT2D eigenvalue weighted by Crippen LogP contribution is 2.39. The first-order valence-electron chi connectivity index (χ1n) is 7.96. The monoisotopic (exact) mass is 437 g/mol. The molecule has 0 atom stereocenters. The number of aryl methyl sites for hydroxylation is 1. The van der Waals surface area contributed by atoms with Gasteiger partial charge in [-0.15, -0.1) is 5.10 Å². The molecule has 0 aliphatic carbocycles. The van der Waals surface area contributed by atoms with Crippen molar-refractivity contribution >= 4 is 21.9 Å². The van der Waals surface area contributed by atoms with Crippen molar-refractivity contribution in [1.82, 2.24) is 14.8 Å². The quantitative estimate of drug-likeness (QED) is 0.336. The Morgan fingerprint density at radius 1 is 1.22 bits per heavy atom. The smallest absolute Gasteiger partial charge is 0.263 e. The van der Waals surface area contributed by atoms with E-state index in [1.165, 1.54) is 35.9 Å². The SMILES string of the molecule is CCc1nc(F)ccc1-c1c(Br)c(OOC(C)=O)nn1-c1ccccc1F. The van der Waals surface area contributed by atoms with Gasteiger partial charge in [0.25, 0.3) is 0 Å². The summed E-state index contributed by atoms with van der Waals surface area (Å²) in [6.07, 6.45) is 0.433. The molecule has 0 aliphatic rings. The lowest BCUT2D eigenvalue weighted by Gasteiger charge is -2.11. The van der Waals surface area contributed by atoms with Crippen molar-refractivity contribution in [2.45, 2.75) is 20.3 Å². The first-order valence-corrected chi connectivity index (χ1v) is 8.76. The van der Waals surface area contributed by atoms with Crippen LogP contribution in [0.5, 0.6) is 5.88 Å². The van der Waals surface area contributed by atoms with Crippen LogP contribution in [0.2, 0.25) is 0 Å². The van der Waals surface area contributed by atoms with Crippen molar-refractivity contribution < 1.29 is 23.4 Å². The van der Waals surface area contributed by atoms with Crippen LogP contribution < -0.4 is 4.89 Å². The van der Waals surface area contributed by atoms with Gasteiger partial charge in [-0.1, -0.05) is 19.1 Å². The zero-order valence-corrected chi connectivity index (χ0v) is 16.0. The van der Waals surface area contributed by atoms with Gasteiger partial charge < -0.3 is 0 Å². The summed E-state index contributed by atoms with van der Waals surface area (Å²) in [5.74, 6) is -1.92. The zero-order valence-electron chi connectivity index (χ0n) is 14.4. The minimum absolute atomic E-state index is 0.0881. The molecule has 0 saturated carbocycles. The van der Waals surface area contributed by atoms with Crippen LogP contribution in [0.3, 0.4) is 0 Å². The molecule has 0 saturated heterocycles. The summed E-state index contributed by atoms with van der Waals surface area (Å²) >= 11 is 3.35. The van der Waals surface area contributed by atoms with E-state index < -0.39 is 17.7 Å². The minimum atomic E-state index is -0.679. The molecule has 0 spiro atoms. The van der Waals surface area contributed by atoms with Gasteiger partial charge in [-0.25, -0.2) is 23.7 Å². The average Bonchev–Trinajstić information content (AvgIpc) is 2.96. The molecule has 3 aromatic rings. The van der Waals surface area contributed by atoms with E-state index in [9.17, 15) is 13.6 Å². The van der Waals surface area contributed by atoms with Gasteiger partial charge in [0.15, 0.2) is 0 Å². The number of pyridine rings is 1. The fraction of sp³-hybridized carbons (Fsp3) is 0.167. The summed E-state index contributed by atoms with van der Waals surface area (Å²) in [6, 6.07) is 8.72. The fourth-order valence-electron chi connectivity index (χ4n) is 2.52. The Morgan fingerprint density at radius 2 is 1.96 bits per heavy atom. The molecule has 0 amide bonds. The number of halogens is 3. The Kier molecular flexibility index (Phi) is 5.50. The summed E-state index contributed by atoms with van der Waals surface area (Å²) in [6.45, 7) is 2.99. The molecule has 0 fully saturated rings. The highest BCUT2D eigenvalue weighted by Gasteiger charge is 2.25. The normalized spacial score (nSPS) is 10.7. The average molecular weight is 438 g/mol. The van der Waals surface area contributed by atoms with E-state index in [1.54, 1.807) is 12.1 Å². The summed E-state index contributed by atoms with van der Waals surface area (Å²) in [7, 11) is 0. The van der Waals surface area contributed by atoms with Gasteiger partial charge in [-0.05, 0) is 46.6 Å². The van der Waals surface area contributed by atoms with Crippen LogP contribution in [-0.4, -0.2) is 20.7 Å². The number of hydrogen-bond donors (Lipinski definition) is 0. The molecular formula is C18H14BrF2N3O3. The highest BCUT2D eigenvalue weighted by molar-refractivity contribution is 9.10. The maximum atomic E-state index is 14.4. The number of aromatic nitrogens is 3. The highest BCUT2D eigenvalue weighted by atomic mass is 79.9. The predicted molar refractivity (Wildman–Crippen MR) is 96.2 cm³/mol. The second-order valence-electron chi connectivity index (χ2n) is 5.47. The second-order valence-corrected chi connectivity index (χ2v) is 6.26. The van der Waals surface area contributed by atoms with E-state index in [4.69, 9.17) is 4.89 Å². The maximum Gasteiger partial charge on any atom is 0.352 e. The van der Waals surface area contributed by atoms with Crippen LogP contribution in [0.1, 0.15) is 19.5 Å². The van der Waals surface area contributed by atoms with E-state index in [1.807, 2.05) is 6.92 Å². The topological polar surface area (TPSA) is 66.2 Å². The lowest BCUT2D eigenvalue weighted by molar-refractivity contribution is -0.212. The molecule has 140 valence electrons. The van der Waals surface area contributed by atoms with Crippen LogP contribution in [0, 0.1) is 11.8 Å². The Balaban J connectivity index is 2.25. The number of carbonyl (C=O) groups excluding carboxylic acids is 1. The summed E-state index contributed by atoms with van der Waals surface area (Å²) in [5.41, 5.74) is 1.50. The molecular weight excluding hydrogens is 424 g/mol. The van der Waals surface area contributed by atoms with E-state index in [0.29, 0.717) is 27.8 Å². The van der Waals surface area contributed by atoms with Gasteiger partial charge in [-0.2, -0.15) is 4.39 Å². The van der Waals surface area contributed by atoms with Crippen LogP contribution >= 0.6 is 15.9 Å². The second kappa shape index (κ2) is 7.83. The number of rotatable bonds is 5. The fourth-order valence-corrected chi connectivity index (χ4v) is 3.05. The third kappa shape index (κ3) is 3.82. The van der Waals surface area contributed by atoms with E-state index in [0.717, 1.165) is 0 Å². The van der Waals surface area contributed by atoms with Crippen LogP contribution in [0.15, 0.2) is 40.9 Å². The lowest BCUT2D eigenvalue weighted by Crippen LogP contribution is -2.06. The Labute approximate surface area is 161 Å². The molecule has 2 heterocycles. The van der Waals surface area contributed by atoms with Crippen LogP contribution in [0.25, 0.3) is 16.9 Å². The third-order valence-corrected chi connectivity index (χ3v) is 4.36. The van der Waals surface area contributed by atoms with Gasteiger partial charge in [0, 0.05) is 12.5 Å². The van der Waals surface area contributed by atoms with Gasteiger partial charge in [-0.3, -0.25) is 4.89 Å². The number of nitrogens with zero attached hydrogens (tertiary/aromatic N) is 3. The molecule has 1 aromatic carbocycles. The first-order chi connectivity index (χ1) is 12.9. The lowest BCUT2D eigenvalue weighted by atomic mass is 10.1. The standard InChI is InChI=1S/C18H14BrF2N3O3/c1-3-13-11(8-9-15(21)22-13)17-16(19)18(27-26-10(2)25)23-24(17)14-7-5-4-6-12(14)20/h4-9H,3H2,1-2H3. The largest absolute Gasteiger partial charge is 0.352 e. The molecule has 27 heavy (non-hydrogen) atoms. The maximum absolute atomic E-state index is 14.4. The number of carbonyl (C=O) groups is 1. The molecule has 0 unspecified atom stereocenters. The Hall–Kier alpha value is -2.81. The molecule has 0 radical (unpaired) electrons. The van der Waals surface area contributed by atoms with Crippen molar-refractivity contribution in [1.29, 1.82) is 0 Å². The third-order valence-electron chi connectivity index (χ3n) is 3.65. The first kappa shape index (κ1) is 19.0. The molecule has 0 bridgehead atoms. The minimum Gasteiger partial charge on any atom is -0.263 e. The Bertz CT molecular complexity index is 1010. The van der Waals surface area contributed by atoms with Crippen molar-refractivity contribution in [3.05, 3.63) is 58.3 Å². The van der Waals surface area contributed by atoms with E-state index in [2.05, 4.69) is 30.9 Å². The zero-order chi connectivity index (χ0) is 19.6. The molecule has 0 aliphatic heterocycles. The number of para-hydroxylation sites is 1. The van der Waals surface area contributed by atoms with Gasteiger partial charge in [0.1, 0.15) is 16.0 Å². The van der Waals surface area contributed by atoms with Crippen molar-refractivity contribution in [3.63, 3.8) is 0 Å². The van der Waals surface area contributed by atoms with Gasteiger partial charge in [0.05, 0.1) is 11.4 Å². The van der Waals surface area contributed by atoms with Crippen molar-refractivity contribution in [2.24, 2.45) is 0 Å². The summed E-state index contributed by atoms with van der Waals surface area (Å²) < 4.78 is 29.5. The predicted octanol–water partition coefficient (Wildman–Crippen LogP) is 4.39. The van der Waals surface area contributed by atoms with Crippen molar-refractivity contribution in [3.8, 4) is 22.8 Å². The van der Waals surface area contributed by atoms with Crippen LogP contribution in [-0.2, 0) is 16.1 Å². The summed E-state index contributed by atoms with van der Waals surface area (Å²) in [5, 5.41) is 4.20. The van der Waals surface area contributed by atoms with E-state index in [-0.39, 0.29) is 11.6 Å². The van der Waals surface area contributed by atoms with Crippen molar-refractivity contribution in [2.75, 3.05) is 0 Å².